The molecule has 1 aromatic rings. The molecule has 0 spiro atoms. The molecule has 1 aliphatic rings. The molecule has 1 aromatic carbocycles. The second kappa shape index (κ2) is 9.38. The zero-order valence-electron chi connectivity index (χ0n) is 12.9. The Balaban J connectivity index is 1.68. The van der Waals surface area contributed by atoms with E-state index in [0.717, 1.165) is 50.3 Å². The van der Waals surface area contributed by atoms with E-state index in [-0.39, 0.29) is 6.10 Å². The van der Waals surface area contributed by atoms with Crippen LogP contribution in [0.2, 0.25) is 0 Å². The summed E-state index contributed by atoms with van der Waals surface area (Å²) >= 11 is 5.16. The van der Waals surface area contributed by atoms with Crippen LogP contribution in [-0.4, -0.2) is 37.2 Å². The Kier molecular flexibility index (Phi) is 7.12. The maximum Gasteiger partial charge on any atom is 0.187 e. The Morgan fingerprint density at radius 2 is 2.27 bits per heavy atom. The summed E-state index contributed by atoms with van der Waals surface area (Å²) in [7, 11) is 0. The van der Waals surface area contributed by atoms with Crippen LogP contribution in [0.4, 0.5) is 0 Å². The van der Waals surface area contributed by atoms with E-state index in [2.05, 4.69) is 22.8 Å². The van der Waals surface area contributed by atoms with Crippen molar-refractivity contribution in [3.05, 3.63) is 29.8 Å². The molecule has 1 heterocycles. The van der Waals surface area contributed by atoms with Crippen LogP contribution in [0.25, 0.3) is 0 Å². The van der Waals surface area contributed by atoms with Crippen LogP contribution in [0, 0.1) is 0 Å². The summed E-state index contributed by atoms with van der Waals surface area (Å²) < 4.78 is 11.0. The molecule has 1 aliphatic heterocycles. The monoisotopic (exact) mass is 321 g/mol. The first-order valence-corrected chi connectivity index (χ1v) is 8.10. The lowest BCUT2D eigenvalue weighted by molar-refractivity contribution is 0.114. The van der Waals surface area contributed by atoms with Gasteiger partial charge in [0.05, 0.1) is 18.9 Å². The summed E-state index contributed by atoms with van der Waals surface area (Å²) in [5.74, 6) is 0.876. The first-order chi connectivity index (χ1) is 10.8. The van der Waals surface area contributed by atoms with Crippen LogP contribution in [-0.2, 0) is 4.74 Å². The van der Waals surface area contributed by atoms with Gasteiger partial charge in [0.1, 0.15) is 5.75 Å². The molecule has 0 saturated carbocycles. The zero-order chi connectivity index (χ0) is 15.6. The molecule has 5 nitrogen and oxygen atoms in total. The van der Waals surface area contributed by atoms with Gasteiger partial charge in [0, 0.05) is 13.2 Å². The lowest BCUT2D eigenvalue weighted by atomic mass is 10.2. The zero-order valence-corrected chi connectivity index (χ0v) is 13.7. The van der Waals surface area contributed by atoms with Crippen molar-refractivity contribution in [1.82, 2.24) is 10.7 Å². The molecular weight excluding hydrogens is 298 g/mol. The average Bonchev–Trinajstić information content (AvgIpc) is 3.06. The van der Waals surface area contributed by atoms with Gasteiger partial charge in [-0.05, 0) is 61.3 Å². The van der Waals surface area contributed by atoms with E-state index in [1.165, 1.54) is 0 Å². The van der Waals surface area contributed by atoms with Crippen LogP contribution in [0.1, 0.15) is 31.7 Å². The fourth-order valence-corrected chi connectivity index (χ4v) is 2.22. The quantitative estimate of drug-likeness (QED) is 0.459. The van der Waals surface area contributed by atoms with Crippen LogP contribution < -0.4 is 15.5 Å². The summed E-state index contributed by atoms with van der Waals surface area (Å²) in [6.45, 7) is 4.40. The van der Waals surface area contributed by atoms with E-state index >= 15 is 0 Å². The van der Waals surface area contributed by atoms with Crippen molar-refractivity contribution >= 4 is 23.5 Å². The molecule has 0 aromatic heterocycles. The third kappa shape index (κ3) is 5.99. The molecule has 1 saturated heterocycles. The minimum Gasteiger partial charge on any atom is -0.494 e. The number of nitrogens with one attached hydrogen (secondary N) is 2. The van der Waals surface area contributed by atoms with Gasteiger partial charge in [0.15, 0.2) is 5.11 Å². The summed E-state index contributed by atoms with van der Waals surface area (Å²) in [6.07, 6.45) is 5.21. The fourth-order valence-electron chi connectivity index (χ4n) is 2.09. The fraction of sp³-hybridized carbons (Fsp3) is 0.500. The summed E-state index contributed by atoms with van der Waals surface area (Å²) in [6, 6.07) is 7.79. The Morgan fingerprint density at radius 1 is 1.45 bits per heavy atom. The Bertz CT molecular complexity index is 485. The van der Waals surface area contributed by atoms with Gasteiger partial charge in [-0.15, -0.1) is 0 Å². The van der Waals surface area contributed by atoms with E-state index in [0.29, 0.717) is 5.11 Å². The molecule has 0 bridgehead atoms. The molecule has 1 atom stereocenters. The second-order valence-electron chi connectivity index (χ2n) is 5.13. The van der Waals surface area contributed by atoms with Gasteiger partial charge in [-0.25, -0.2) is 0 Å². The predicted molar refractivity (Wildman–Crippen MR) is 92.5 cm³/mol. The third-order valence-electron chi connectivity index (χ3n) is 3.25. The summed E-state index contributed by atoms with van der Waals surface area (Å²) in [4.78, 5) is 0. The maximum atomic E-state index is 5.53. The van der Waals surface area contributed by atoms with Crippen molar-refractivity contribution in [1.29, 1.82) is 0 Å². The van der Waals surface area contributed by atoms with E-state index < -0.39 is 0 Å². The topological polar surface area (TPSA) is 54.9 Å². The summed E-state index contributed by atoms with van der Waals surface area (Å²) in [5, 5.41) is 7.73. The van der Waals surface area contributed by atoms with Gasteiger partial charge in [-0.1, -0.05) is 6.92 Å². The van der Waals surface area contributed by atoms with Crippen LogP contribution in [0.3, 0.4) is 0 Å². The molecular formula is C16H23N3O2S. The normalized spacial score (nSPS) is 17.6. The first kappa shape index (κ1) is 16.7. The van der Waals surface area contributed by atoms with E-state index in [1.807, 2.05) is 24.3 Å². The molecule has 120 valence electrons. The lowest BCUT2D eigenvalue weighted by Gasteiger charge is -2.11. The SMILES string of the molecule is CCCOc1ccc(/C=N\NC(=S)NC[C@@H]2CCCO2)cc1. The van der Waals surface area contributed by atoms with Crippen molar-refractivity contribution < 1.29 is 9.47 Å². The highest BCUT2D eigenvalue weighted by Crippen LogP contribution is 2.11. The molecule has 2 rings (SSSR count). The van der Waals surface area contributed by atoms with Crippen molar-refractivity contribution in [2.24, 2.45) is 5.10 Å². The van der Waals surface area contributed by atoms with Crippen molar-refractivity contribution in [3.63, 3.8) is 0 Å². The van der Waals surface area contributed by atoms with Crippen LogP contribution in [0.15, 0.2) is 29.4 Å². The van der Waals surface area contributed by atoms with Gasteiger partial charge in [0.2, 0.25) is 0 Å². The minimum atomic E-state index is 0.263. The number of benzene rings is 1. The Labute approximate surface area is 137 Å². The number of hydrazone groups is 1. The Hall–Kier alpha value is -1.66. The number of nitrogens with zero attached hydrogens (tertiary/aromatic N) is 1. The molecule has 0 radical (unpaired) electrons. The minimum absolute atomic E-state index is 0.263. The predicted octanol–water partition coefficient (Wildman–Crippen LogP) is 2.45. The number of hydrogen-bond donors (Lipinski definition) is 2. The van der Waals surface area contributed by atoms with E-state index in [4.69, 9.17) is 21.7 Å². The van der Waals surface area contributed by atoms with Crippen LogP contribution >= 0.6 is 12.2 Å². The second-order valence-corrected chi connectivity index (χ2v) is 5.54. The molecule has 0 amide bonds. The van der Waals surface area contributed by atoms with Crippen LogP contribution in [0.5, 0.6) is 5.75 Å². The van der Waals surface area contributed by atoms with Crippen molar-refractivity contribution in [3.8, 4) is 5.75 Å². The maximum absolute atomic E-state index is 5.53. The molecule has 1 fully saturated rings. The van der Waals surface area contributed by atoms with Gasteiger partial charge in [-0.2, -0.15) is 5.10 Å². The standard InChI is InChI=1S/C16H23N3O2S/c1-2-9-20-14-7-5-13(6-8-14)11-18-19-16(22)17-12-15-4-3-10-21-15/h5-8,11,15H,2-4,9-10,12H2,1H3,(H2,17,19,22)/b18-11-/t15-/m0/s1. The first-order valence-electron chi connectivity index (χ1n) is 7.69. The smallest absolute Gasteiger partial charge is 0.187 e. The number of rotatable bonds is 7. The number of thiocarbonyl (C=S) groups is 1. The number of hydrogen-bond acceptors (Lipinski definition) is 4. The number of ether oxygens (including phenoxy) is 2. The lowest BCUT2D eigenvalue weighted by Crippen LogP contribution is -2.37. The van der Waals surface area contributed by atoms with Gasteiger partial charge >= 0.3 is 0 Å². The summed E-state index contributed by atoms with van der Waals surface area (Å²) in [5.41, 5.74) is 3.79. The van der Waals surface area contributed by atoms with Gasteiger partial charge < -0.3 is 14.8 Å². The molecule has 6 heteroatoms. The van der Waals surface area contributed by atoms with E-state index in [9.17, 15) is 0 Å². The highest BCUT2D eigenvalue weighted by atomic mass is 32.1. The van der Waals surface area contributed by atoms with Crippen molar-refractivity contribution in [2.45, 2.75) is 32.3 Å². The Morgan fingerprint density at radius 3 is 2.95 bits per heavy atom. The average molecular weight is 321 g/mol. The van der Waals surface area contributed by atoms with E-state index in [1.54, 1.807) is 6.21 Å². The highest BCUT2D eigenvalue weighted by molar-refractivity contribution is 7.80. The van der Waals surface area contributed by atoms with Crippen molar-refractivity contribution in [2.75, 3.05) is 19.8 Å². The highest BCUT2D eigenvalue weighted by Gasteiger charge is 2.14. The molecule has 0 unspecified atom stereocenters. The molecule has 2 N–H and O–H groups in total. The largest absolute Gasteiger partial charge is 0.494 e. The molecule has 22 heavy (non-hydrogen) atoms. The van der Waals surface area contributed by atoms with Gasteiger partial charge in [0.25, 0.3) is 0 Å². The van der Waals surface area contributed by atoms with Gasteiger partial charge in [-0.3, -0.25) is 5.43 Å². The molecule has 0 aliphatic carbocycles. The third-order valence-corrected chi connectivity index (χ3v) is 3.48.